The summed E-state index contributed by atoms with van der Waals surface area (Å²) in [7, 11) is 0. The smallest absolute Gasteiger partial charge is 0.0227 e. The van der Waals surface area contributed by atoms with Gasteiger partial charge in [-0.25, -0.2) is 0 Å². The van der Waals surface area contributed by atoms with Crippen molar-refractivity contribution >= 4 is 0 Å². The average Bonchev–Trinajstić information content (AvgIpc) is 2.84. The van der Waals surface area contributed by atoms with E-state index in [0.717, 1.165) is 0 Å². The van der Waals surface area contributed by atoms with E-state index in [0.29, 0.717) is 18.4 Å². The molecule has 2 rings (SSSR count). The Kier molecular flexibility index (Phi) is 3.64. The summed E-state index contributed by atoms with van der Waals surface area (Å²) in [5.41, 5.74) is 9.80. The minimum atomic E-state index is 0.294. The van der Waals surface area contributed by atoms with Crippen molar-refractivity contribution < 1.29 is 0 Å². The van der Waals surface area contributed by atoms with E-state index in [1.165, 1.54) is 16.7 Å². The standard InChI is InChI=1S/C15H20N2/c1-11(2)12-3-5-13(6-4-12)15(9-16)14-7-8-17-10-14/h3-8,10-11,15,17H,9,16H2,1-2H3. The molecule has 2 heteroatoms. The Bertz CT molecular complexity index is 440. The molecule has 1 heterocycles. The summed E-state index contributed by atoms with van der Waals surface area (Å²) < 4.78 is 0. The first-order valence-corrected chi connectivity index (χ1v) is 6.15. The van der Waals surface area contributed by atoms with Gasteiger partial charge in [0.2, 0.25) is 0 Å². The maximum Gasteiger partial charge on any atom is 0.0227 e. The van der Waals surface area contributed by atoms with Gasteiger partial charge in [-0.15, -0.1) is 0 Å². The van der Waals surface area contributed by atoms with Crippen molar-refractivity contribution in [2.75, 3.05) is 6.54 Å². The van der Waals surface area contributed by atoms with Crippen LogP contribution in [0.4, 0.5) is 0 Å². The minimum Gasteiger partial charge on any atom is -0.367 e. The van der Waals surface area contributed by atoms with E-state index in [9.17, 15) is 0 Å². The van der Waals surface area contributed by atoms with Crippen LogP contribution in [0.5, 0.6) is 0 Å². The molecule has 90 valence electrons. The van der Waals surface area contributed by atoms with Crippen LogP contribution in [0.25, 0.3) is 0 Å². The predicted octanol–water partition coefficient (Wildman–Crippen LogP) is 3.23. The maximum atomic E-state index is 5.88. The Morgan fingerprint density at radius 1 is 1.00 bits per heavy atom. The van der Waals surface area contributed by atoms with Gasteiger partial charge in [-0.3, -0.25) is 0 Å². The molecule has 17 heavy (non-hydrogen) atoms. The van der Waals surface area contributed by atoms with Crippen LogP contribution in [0.15, 0.2) is 42.7 Å². The highest BCUT2D eigenvalue weighted by Gasteiger charge is 2.12. The fraction of sp³-hybridized carbons (Fsp3) is 0.333. The first-order chi connectivity index (χ1) is 8.22. The second kappa shape index (κ2) is 5.19. The molecule has 0 radical (unpaired) electrons. The number of aromatic amines is 1. The highest BCUT2D eigenvalue weighted by Crippen LogP contribution is 2.25. The number of H-pyrrole nitrogens is 1. The summed E-state index contributed by atoms with van der Waals surface area (Å²) in [6.45, 7) is 5.06. The molecule has 1 atom stereocenters. The van der Waals surface area contributed by atoms with Crippen LogP contribution in [0.3, 0.4) is 0 Å². The first-order valence-electron chi connectivity index (χ1n) is 6.15. The largest absolute Gasteiger partial charge is 0.367 e. The van der Waals surface area contributed by atoms with Gasteiger partial charge in [0, 0.05) is 24.9 Å². The van der Waals surface area contributed by atoms with E-state index >= 15 is 0 Å². The third-order valence-corrected chi connectivity index (χ3v) is 3.27. The van der Waals surface area contributed by atoms with E-state index in [-0.39, 0.29) is 0 Å². The van der Waals surface area contributed by atoms with Crippen LogP contribution in [0, 0.1) is 0 Å². The van der Waals surface area contributed by atoms with Gasteiger partial charge in [-0.1, -0.05) is 38.1 Å². The molecule has 0 aliphatic carbocycles. The molecule has 3 N–H and O–H groups in total. The SMILES string of the molecule is CC(C)c1ccc(C(CN)c2cc[nH]c2)cc1. The molecule has 1 unspecified atom stereocenters. The van der Waals surface area contributed by atoms with Crippen molar-refractivity contribution in [3.8, 4) is 0 Å². The van der Waals surface area contributed by atoms with Gasteiger partial charge in [0.1, 0.15) is 0 Å². The number of aromatic nitrogens is 1. The highest BCUT2D eigenvalue weighted by molar-refractivity contribution is 5.34. The first kappa shape index (κ1) is 11.9. The van der Waals surface area contributed by atoms with Gasteiger partial charge in [-0.05, 0) is 28.7 Å². The van der Waals surface area contributed by atoms with E-state index in [1.54, 1.807) is 0 Å². The molecule has 2 nitrogen and oxygen atoms in total. The van der Waals surface area contributed by atoms with E-state index in [1.807, 2.05) is 12.4 Å². The summed E-state index contributed by atoms with van der Waals surface area (Å²) in [6, 6.07) is 10.9. The minimum absolute atomic E-state index is 0.294. The monoisotopic (exact) mass is 228 g/mol. The van der Waals surface area contributed by atoms with Gasteiger partial charge in [0.05, 0.1) is 0 Å². The summed E-state index contributed by atoms with van der Waals surface area (Å²) in [6.07, 6.45) is 3.97. The van der Waals surface area contributed by atoms with Crippen LogP contribution in [-0.2, 0) is 0 Å². The Morgan fingerprint density at radius 2 is 1.65 bits per heavy atom. The quantitative estimate of drug-likeness (QED) is 0.829. The van der Waals surface area contributed by atoms with E-state index < -0.39 is 0 Å². The maximum absolute atomic E-state index is 5.88. The molecule has 0 saturated carbocycles. The topological polar surface area (TPSA) is 41.8 Å². The molecule has 0 bridgehead atoms. The molecule has 0 saturated heterocycles. The van der Waals surface area contributed by atoms with Gasteiger partial charge in [0.25, 0.3) is 0 Å². The summed E-state index contributed by atoms with van der Waals surface area (Å²) in [5.74, 6) is 0.870. The van der Waals surface area contributed by atoms with Crippen LogP contribution >= 0.6 is 0 Å². The molecule has 2 aromatic rings. The third kappa shape index (κ3) is 2.59. The lowest BCUT2D eigenvalue weighted by molar-refractivity contribution is 0.814. The van der Waals surface area contributed by atoms with E-state index in [2.05, 4.69) is 49.2 Å². The van der Waals surface area contributed by atoms with Crippen LogP contribution in [0.2, 0.25) is 0 Å². The molecule has 1 aromatic carbocycles. The second-order valence-corrected chi connectivity index (χ2v) is 4.75. The number of nitrogens with one attached hydrogen (secondary N) is 1. The van der Waals surface area contributed by atoms with Gasteiger partial charge >= 0.3 is 0 Å². The Balaban J connectivity index is 2.26. The number of hydrogen-bond donors (Lipinski definition) is 2. The molecule has 0 aliphatic heterocycles. The molecule has 1 aromatic heterocycles. The summed E-state index contributed by atoms with van der Waals surface area (Å²) in [4.78, 5) is 3.09. The molecule has 0 fully saturated rings. The number of hydrogen-bond acceptors (Lipinski definition) is 1. The zero-order valence-electron chi connectivity index (χ0n) is 10.5. The lowest BCUT2D eigenvalue weighted by Crippen LogP contribution is -2.13. The molecular weight excluding hydrogens is 208 g/mol. The predicted molar refractivity (Wildman–Crippen MR) is 72.2 cm³/mol. The summed E-state index contributed by atoms with van der Waals surface area (Å²) in [5, 5.41) is 0. The fourth-order valence-electron chi connectivity index (χ4n) is 2.13. The van der Waals surface area contributed by atoms with Crippen molar-refractivity contribution in [1.82, 2.24) is 4.98 Å². The van der Waals surface area contributed by atoms with Gasteiger partial charge < -0.3 is 10.7 Å². The number of benzene rings is 1. The lowest BCUT2D eigenvalue weighted by Gasteiger charge is -2.15. The molecule has 0 spiro atoms. The number of nitrogens with two attached hydrogens (primary N) is 1. The Labute approximate surface area is 103 Å². The molecule has 0 aliphatic rings. The molecule has 0 amide bonds. The normalized spacial score (nSPS) is 12.9. The van der Waals surface area contributed by atoms with Crippen molar-refractivity contribution in [3.63, 3.8) is 0 Å². The van der Waals surface area contributed by atoms with Crippen LogP contribution in [0.1, 0.15) is 42.4 Å². The van der Waals surface area contributed by atoms with Crippen molar-refractivity contribution in [2.45, 2.75) is 25.7 Å². The van der Waals surface area contributed by atoms with Crippen molar-refractivity contribution in [2.24, 2.45) is 5.73 Å². The van der Waals surface area contributed by atoms with Gasteiger partial charge in [0.15, 0.2) is 0 Å². The summed E-state index contributed by atoms with van der Waals surface area (Å²) >= 11 is 0. The van der Waals surface area contributed by atoms with Crippen LogP contribution < -0.4 is 5.73 Å². The zero-order valence-corrected chi connectivity index (χ0v) is 10.5. The fourth-order valence-corrected chi connectivity index (χ4v) is 2.13. The van der Waals surface area contributed by atoms with Crippen molar-refractivity contribution in [3.05, 3.63) is 59.4 Å². The van der Waals surface area contributed by atoms with Crippen molar-refractivity contribution in [1.29, 1.82) is 0 Å². The molecular formula is C15H20N2. The Morgan fingerprint density at radius 3 is 2.12 bits per heavy atom. The zero-order chi connectivity index (χ0) is 12.3. The van der Waals surface area contributed by atoms with E-state index in [4.69, 9.17) is 5.73 Å². The Hall–Kier alpha value is -1.54. The highest BCUT2D eigenvalue weighted by atomic mass is 14.6. The second-order valence-electron chi connectivity index (χ2n) is 4.75. The average molecular weight is 228 g/mol. The lowest BCUT2D eigenvalue weighted by atomic mass is 9.91. The third-order valence-electron chi connectivity index (χ3n) is 3.27. The van der Waals surface area contributed by atoms with Crippen LogP contribution in [-0.4, -0.2) is 11.5 Å². The number of rotatable bonds is 4. The van der Waals surface area contributed by atoms with Gasteiger partial charge in [-0.2, -0.15) is 0 Å².